The van der Waals surface area contributed by atoms with Gasteiger partial charge in [-0.15, -0.1) is 0 Å². The summed E-state index contributed by atoms with van der Waals surface area (Å²) in [5, 5.41) is -0.0296. The van der Waals surface area contributed by atoms with E-state index in [2.05, 4.69) is 4.98 Å². The number of hydrogen-bond acceptors (Lipinski definition) is 2. The van der Waals surface area contributed by atoms with Crippen LogP contribution in [0.1, 0.15) is 16.7 Å². The topological polar surface area (TPSA) is 49.9 Å². The molecule has 0 radical (unpaired) electrons. The molecule has 1 N–H and O–H groups in total. The number of H-pyrrole nitrogens is 1. The average molecular weight is 288 g/mol. The molecular formula is C12H11ClFNO2S. The van der Waals surface area contributed by atoms with Gasteiger partial charge in [0.05, 0.1) is 0 Å². The standard InChI is InChI=1S/C12H11ClFNO2S/c1-8-4-9(2-3-11(8)14)5-10-6-12(15-7-10)18(13,16)17/h2-4,6-7,15H,5H2,1H3. The van der Waals surface area contributed by atoms with Crippen LogP contribution in [0.15, 0.2) is 35.5 Å². The van der Waals surface area contributed by atoms with Crippen LogP contribution in [0.5, 0.6) is 0 Å². The van der Waals surface area contributed by atoms with E-state index in [0.717, 1.165) is 11.1 Å². The Bertz CT molecular complexity index is 679. The van der Waals surface area contributed by atoms with Crippen molar-refractivity contribution in [2.75, 3.05) is 0 Å². The van der Waals surface area contributed by atoms with Crippen LogP contribution in [-0.4, -0.2) is 13.4 Å². The molecule has 2 aromatic rings. The van der Waals surface area contributed by atoms with Gasteiger partial charge in [0, 0.05) is 16.9 Å². The Kier molecular flexibility index (Phi) is 3.45. The monoisotopic (exact) mass is 287 g/mol. The molecule has 0 aliphatic rings. The van der Waals surface area contributed by atoms with Gasteiger partial charge < -0.3 is 4.98 Å². The highest BCUT2D eigenvalue weighted by molar-refractivity contribution is 8.13. The van der Waals surface area contributed by atoms with E-state index in [4.69, 9.17) is 10.7 Å². The van der Waals surface area contributed by atoms with Crippen molar-refractivity contribution in [1.82, 2.24) is 4.98 Å². The number of rotatable bonds is 3. The van der Waals surface area contributed by atoms with Gasteiger partial charge in [-0.25, -0.2) is 12.8 Å². The first-order valence-electron chi connectivity index (χ1n) is 5.23. The number of aromatic amines is 1. The maximum Gasteiger partial charge on any atom is 0.276 e. The number of halogens is 2. The third-order valence-corrected chi connectivity index (χ3v) is 3.87. The normalized spacial score (nSPS) is 11.7. The molecule has 1 heterocycles. The molecule has 18 heavy (non-hydrogen) atoms. The minimum Gasteiger partial charge on any atom is -0.351 e. The fraction of sp³-hybridized carbons (Fsp3) is 0.167. The smallest absolute Gasteiger partial charge is 0.276 e. The molecule has 2 rings (SSSR count). The summed E-state index contributed by atoms with van der Waals surface area (Å²) >= 11 is 0. The SMILES string of the molecule is Cc1cc(Cc2c[nH]c(S(=O)(=O)Cl)c2)ccc1F. The molecular weight excluding hydrogens is 277 g/mol. The van der Waals surface area contributed by atoms with Gasteiger partial charge in [0.15, 0.2) is 0 Å². The second kappa shape index (κ2) is 4.74. The van der Waals surface area contributed by atoms with E-state index in [1.807, 2.05) is 0 Å². The molecule has 6 heteroatoms. The van der Waals surface area contributed by atoms with Crippen molar-refractivity contribution in [1.29, 1.82) is 0 Å². The predicted octanol–water partition coefficient (Wildman–Crippen LogP) is 2.98. The zero-order valence-corrected chi connectivity index (χ0v) is 11.1. The number of nitrogens with one attached hydrogen (secondary N) is 1. The first-order chi connectivity index (χ1) is 8.36. The van der Waals surface area contributed by atoms with Crippen molar-refractivity contribution in [3.63, 3.8) is 0 Å². The molecule has 0 aliphatic heterocycles. The minimum atomic E-state index is -3.73. The number of aryl methyl sites for hydroxylation is 1. The lowest BCUT2D eigenvalue weighted by Gasteiger charge is -2.01. The molecule has 1 aromatic carbocycles. The van der Waals surface area contributed by atoms with Gasteiger partial charge in [-0.1, -0.05) is 12.1 Å². The van der Waals surface area contributed by atoms with E-state index in [1.165, 1.54) is 12.1 Å². The summed E-state index contributed by atoms with van der Waals surface area (Å²) in [5.74, 6) is -0.253. The predicted molar refractivity (Wildman–Crippen MR) is 67.8 cm³/mol. The maximum absolute atomic E-state index is 13.1. The largest absolute Gasteiger partial charge is 0.351 e. The van der Waals surface area contributed by atoms with Gasteiger partial charge >= 0.3 is 0 Å². The second-order valence-electron chi connectivity index (χ2n) is 4.07. The fourth-order valence-electron chi connectivity index (χ4n) is 1.71. The van der Waals surface area contributed by atoms with Gasteiger partial charge in [0.2, 0.25) is 0 Å². The molecule has 0 fully saturated rings. The van der Waals surface area contributed by atoms with Crippen LogP contribution in [0.3, 0.4) is 0 Å². The van der Waals surface area contributed by atoms with Crippen LogP contribution in [0, 0.1) is 12.7 Å². The number of hydrogen-bond donors (Lipinski definition) is 1. The van der Waals surface area contributed by atoms with E-state index in [0.29, 0.717) is 12.0 Å². The van der Waals surface area contributed by atoms with Crippen molar-refractivity contribution >= 4 is 19.7 Å². The van der Waals surface area contributed by atoms with E-state index in [1.54, 1.807) is 25.3 Å². The van der Waals surface area contributed by atoms with Gasteiger partial charge in [-0.3, -0.25) is 0 Å². The Morgan fingerprint density at radius 2 is 2.00 bits per heavy atom. The molecule has 0 atom stereocenters. The molecule has 0 spiro atoms. The third-order valence-electron chi connectivity index (χ3n) is 2.61. The zero-order valence-electron chi connectivity index (χ0n) is 9.57. The summed E-state index contributed by atoms with van der Waals surface area (Å²) in [6.07, 6.45) is 2.10. The van der Waals surface area contributed by atoms with E-state index in [-0.39, 0.29) is 10.8 Å². The van der Waals surface area contributed by atoms with Crippen molar-refractivity contribution in [3.8, 4) is 0 Å². The summed E-state index contributed by atoms with van der Waals surface area (Å²) in [6.45, 7) is 1.69. The lowest BCUT2D eigenvalue weighted by Crippen LogP contribution is -1.90. The average Bonchev–Trinajstić information content (AvgIpc) is 2.72. The molecule has 96 valence electrons. The zero-order chi connectivity index (χ0) is 13.3. The number of benzene rings is 1. The lowest BCUT2D eigenvalue weighted by molar-refractivity contribution is 0.607. The van der Waals surface area contributed by atoms with Crippen LogP contribution in [0.25, 0.3) is 0 Å². The molecule has 0 amide bonds. The maximum atomic E-state index is 13.1. The second-order valence-corrected chi connectivity index (χ2v) is 6.60. The van der Waals surface area contributed by atoms with Crippen LogP contribution in [-0.2, 0) is 15.5 Å². The Hall–Kier alpha value is -1.33. The van der Waals surface area contributed by atoms with Crippen molar-refractivity contribution in [3.05, 3.63) is 53.0 Å². The quantitative estimate of drug-likeness (QED) is 0.882. The summed E-state index contributed by atoms with van der Waals surface area (Å²) in [5.41, 5.74) is 2.25. The van der Waals surface area contributed by atoms with Crippen LogP contribution in [0.4, 0.5) is 4.39 Å². The highest BCUT2D eigenvalue weighted by atomic mass is 35.7. The Balaban J connectivity index is 2.24. The lowest BCUT2D eigenvalue weighted by atomic mass is 10.1. The Morgan fingerprint density at radius 1 is 1.28 bits per heavy atom. The van der Waals surface area contributed by atoms with E-state index < -0.39 is 9.05 Å². The Morgan fingerprint density at radius 3 is 2.56 bits per heavy atom. The van der Waals surface area contributed by atoms with Crippen molar-refractivity contribution in [2.45, 2.75) is 18.4 Å². The third kappa shape index (κ3) is 2.91. The summed E-state index contributed by atoms with van der Waals surface area (Å²) in [6, 6.07) is 6.28. The highest BCUT2D eigenvalue weighted by Gasteiger charge is 2.12. The summed E-state index contributed by atoms with van der Waals surface area (Å²) < 4.78 is 35.3. The molecule has 0 bridgehead atoms. The molecule has 0 saturated carbocycles. The molecule has 0 unspecified atom stereocenters. The van der Waals surface area contributed by atoms with Gasteiger partial charge in [-0.05, 0) is 42.2 Å². The first-order valence-corrected chi connectivity index (χ1v) is 7.54. The highest BCUT2D eigenvalue weighted by Crippen LogP contribution is 2.18. The fourth-order valence-corrected chi connectivity index (χ4v) is 2.47. The van der Waals surface area contributed by atoms with Gasteiger partial charge in [-0.2, -0.15) is 0 Å². The number of aromatic nitrogens is 1. The van der Waals surface area contributed by atoms with Gasteiger partial charge in [0.25, 0.3) is 9.05 Å². The summed E-state index contributed by atoms with van der Waals surface area (Å²) in [4.78, 5) is 2.60. The van der Waals surface area contributed by atoms with E-state index >= 15 is 0 Å². The van der Waals surface area contributed by atoms with Crippen molar-refractivity contribution in [2.24, 2.45) is 0 Å². The first kappa shape index (κ1) is 13.1. The molecule has 3 nitrogen and oxygen atoms in total. The minimum absolute atomic E-state index is 0.0296. The van der Waals surface area contributed by atoms with Crippen LogP contribution >= 0.6 is 10.7 Å². The molecule has 1 aromatic heterocycles. The molecule has 0 saturated heterocycles. The summed E-state index contributed by atoms with van der Waals surface area (Å²) in [7, 11) is 1.48. The van der Waals surface area contributed by atoms with Crippen LogP contribution < -0.4 is 0 Å². The van der Waals surface area contributed by atoms with Gasteiger partial charge in [0.1, 0.15) is 10.8 Å². The van der Waals surface area contributed by atoms with Crippen molar-refractivity contribution < 1.29 is 12.8 Å². The Labute approximate surface area is 109 Å². The van der Waals surface area contributed by atoms with Crippen LogP contribution in [0.2, 0.25) is 0 Å². The van der Waals surface area contributed by atoms with E-state index in [9.17, 15) is 12.8 Å². The molecule has 0 aliphatic carbocycles.